The van der Waals surface area contributed by atoms with Crippen molar-refractivity contribution in [3.63, 3.8) is 0 Å². The van der Waals surface area contributed by atoms with E-state index in [0.29, 0.717) is 18.1 Å². The first kappa shape index (κ1) is 16.6. The first-order valence-electron chi connectivity index (χ1n) is 8.39. The molecule has 26 heavy (non-hydrogen) atoms. The average Bonchev–Trinajstić information content (AvgIpc) is 3.30. The third-order valence-corrected chi connectivity index (χ3v) is 5.28. The zero-order valence-electron chi connectivity index (χ0n) is 14.9. The fourth-order valence-electron chi connectivity index (χ4n) is 3.29. The highest BCUT2D eigenvalue weighted by atomic mass is 32.1. The number of nitrogens with zero attached hydrogens (tertiary/aromatic N) is 2. The number of hydrogen-bond donors (Lipinski definition) is 1. The Labute approximate surface area is 155 Å². The van der Waals surface area contributed by atoms with E-state index >= 15 is 0 Å². The summed E-state index contributed by atoms with van der Waals surface area (Å²) in [5.74, 6) is 0.734. The lowest BCUT2D eigenvalue weighted by Gasteiger charge is -2.07. The zero-order chi connectivity index (χ0) is 18.3. The summed E-state index contributed by atoms with van der Waals surface area (Å²) in [7, 11) is 0. The van der Waals surface area contributed by atoms with E-state index in [9.17, 15) is 4.79 Å². The Kier molecular flexibility index (Phi) is 4.12. The molecule has 0 atom stereocenters. The highest BCUT2D eigenvalue weighted by Crippen LogP contribution is 2.30. The van der Waals surface area contributed by atoms with Crippen LogP contribution in [0.2, 0.25) is 0 Å². The number of furan rings is 1. The van der Waals surface area contributed by atoms with Crippen LogP contribution in [-0.4, -0.2) is 15.7 Å². The van der Waals surface area contributed by atoms with Gasteiger partial charge in [-0.1, -0.05) is 12.1 Å². The van der Waals surface area contributed by atoms with Crippen molar-refractivity contribution < 1.29 is 9.21 Å². The standard InChI is InChI=1S/C20H19N3O2S/c1-12-9-13(2)18-14(3)19(25-16(18)10-12)20(24)22-17-6-7-21-23(17)11-15-5-4-8-26-15/h4-10H,11H2,1-3H3,(H,22,24). The number of carbonyl (C=O) groups is 1. The van der Waals surface area contributed by atoms with Gasteiger partial charge in [0.05, 0.1) is 12.7 Å². The fraction of sp³-hybridized carbons (Fsp3) is 0.200. The Hall–Kier alpha value is -2.86. The van der Waals surface area contributed by atoms with Gasteiger partial charge in [0.25, 0.3) is 5.91 Å². The molecule has 0 aliphatic heterocycles. The summed E-state index contributed by atoms with van der Waals surface area (Å²) in [6, 6.07) is 9.91. The summed E-state index contributed by atoms with van der Waals surface area (Å²) >= 11 is 1.66. The number of fused-ring (bicyclic) bond motifs is 1. The van der Waals surface area contributed by atoms with Crippen LogP contribution in [0.1, 0.15) is 32.1 Å². The van der Waals surface area contributed by atoms with Gasteiger partial charge >= 0.3 is 0 Å². The number of benzene rings is 1. The maximum Gasteiger partial charge on any atom is 0.292 e. The number of nitrogens with one attached hydrogen (secondary N) is 1. The Balaban J connectivity index is 1.64. The topological polar surface area (TPSA) is 60.1 Å². The molecule has 3 aromatic heterocycles. The van der Waals surface area contributed by atoms with E-state index < -0.39 is 0 Å². The summed E-state index contributed by atoms with van der Waals surface area (Å²) in [6.45, 7) is 6.60. The Morgan fingerprint density at radius 2 is 2.12 bits per heavy atom. The maximum absolute atomic E-state index is 12.8. The highest BCUT2D eigenvalue weighted by Gasteiger charge is 2.20. The molecule has 5 nitrogen and oxygen atoms in total. The lowest BCUT2D eigenvalue weighted by Crippen LogP contribution is -2.16. The molecule has 0 saturated heterocycles. The van der Waals surface area contributed by atoms with Gasteiger partial charge in [0, 0.05) is 21.9 Å². The molecule has 4 rings (SSSR count). The second-order valence-electron chi connectivity index (χ2n) is 6.42. The number of anilines is 1. The average molecular weight is 365 g/mol. The molecule has 6 heteroatoms. The van der Waals surface area contributed by atoms with Crippen LogP contribution in [0.3, 0.4) is 0 Å². The Bertz CT molecular complexity index is 1090. The first-order valence-corrected chi connectivity index (χ1v) is 9.27. The van der Waals surface area contributed by atoms with E-state index in [-0.39, 0.29) is 5.91 Å². The van der Waals surface area contributed by atoms with Crippen LogP contribution in [0.4, 0.5) is 5.82 Å². The van der Waals surface area contributed by atoms with Crippen LogP contribution in [0.25, 0.3) is 11.0 Å². The predicted molar refractivity (Wildman–Crippen MR) is 104 cm³/mol. The second-order valence-corrected chi connectivity index (χ2v) is 7.45. The minimum atomic E-state index is -0.260. The summed E-state index contributed by atoms with van der Waals surface area (Å²) in [5, 5.41) is 10.3. The van der Waals surface area contributed by atoms with Crippen LogP contribution >= 0.6 is 11.3 Å². The van der Waals surface area contributed by atoms with Crippen molar-refractivity contribution in [3.05, 3.63) is 69.2 Å². The normalized spacial score (nSPS) is 11.2. The van der Waals surface area contributed by atoms with E-state index in [0.717, 1.165) is 27.7 Å². The molecule has 4 aromatic rings. The SMILES string of the molecule is Cc1cc(C)c2c(C)c(C(=O)Nc3ccnn3Cc3cccs3)oc2c1. The smallest absolute Gasteiger partial charge is 0.292 e. The van der Waals surface area contributed by atoms with Gasteiger partial charge < -0.3 is 9.73 Å². The summed E-state index contributed by atoms with van der Waals surface area (Å²) in [4.78, 5) is 14.0. The summed E-state index contributed by atoms with van der Waals surface area (Å²) in [6.07, 6.45) is 1.68. The van der Waals surface area contributed by atoms with Gasteiger partial charge in [-0.05, 0) is 49.4 Å². The molecule has 0 spiro atoms. The van der Waals surface area contributed by atoms with Crippen LogP contribution < -0.4 is 5.32 Å². The zero-order valence-corrected chi connectivity index (χ0v) is 15.7. The molecular weight excluding hydrogens is 346 g/mol. The van der Waals surface area contributed by atoms with Crippen LogP contribution in [0.5, 0.6) is 0 Å². The van der Waals surface area contributed by atoms with Crippen molar-refractivity contribution in [3.8, 4) is 0 Å². The molecule has 0 fully saturated rings. The van der Waals surface area contributed by atoms with Crippen molar-refractivity contribution in [2.45, 2.75) is 27.3 Å². The molecule has 0 saturated carbocycles. The third-order valence-electron chi connectivity index (χ3n) is 4.42. The van der Waals surface area contributed by atoms with Gasteiger partial charge in [0.2, 0.25) is 0 Å². The van der Waals surface area contributed by atoms with E-state index in [1.165, 1.54) is 4.88 Å². The largest absolute Gasteiger partial charge is 0.451 e. The lowest BCUT2D eigenvalue weighted by atomic mass is 10.0. The van der Waals surface area contributed by atoms with Crippen molar-refractivity contribution in [2.75, 3.05) is 5.32 Å². The summed E-state index contributed by atoms with van der Waals surface area (Å²) in [5.41, 5.74) is 3.84. The molecular formula is C20H19N3O2S. The number of aromatic nitrogens is 2. The monoisotopic (exact) mass is 365 g/mol. The van der Waals surface area contributed by atoms with Gasteiger partial charge in [-0.2, -0.15) is 5.10 Å². The van der Waals surface area contributed by atoms with E-state index in [2.05, 4.69) is 16.5 Å². The fourth-order valence-corrected chi connectivity index (χ4v) is 3.98. The number of aryl methyl sites for hydroxylation is 3. The predicted octanol–water partition coefficient (Wildman–Crippen LogP) is 4.92. The Morgan fingerprint density at radius 3 is 2.88 bits per heavy atom. The molecule has 1 aromatic carbocycles. The van der Waals surface area contributed by atoms with E-state index in [4.69, 9.17) is 4.42 Å². The van der Waals surface area contributed by atoms with Crippen molar-refractivity contribution in [1.82, 2.24) is 9.78 Å². The van der Waals surface area contributed by atoms with Gasteiger partial charge in [0.15, 0.2) is 5.76 Å². The second kappa shape index (κ2) is 6.46. The van der Waals surface area contributed by atoms with Crippen LogP contribution in [-0.2, 0) is 6.54 Å². The minimum absolute atomic E-state index is 0.260. The maximum atomic E-state index is 12.8. The third kappa shape index (κ3) is 2.93. The molecule has 1 N–H and O–H groups in total. The van der Waals surface area contributed by atoms with Crippen LogP contribution in [0, 0.1) is 20.8 Å². The Morgan fingerprint density at radius 1 is 1.27 bits per heavy atom. The number of rotatable bonds is 4. The first-order chi connectivity index (χ1) is 12.5. The minimum Gasteiger partial charge on any atom is -0.451 e. The number of thiophene rings is 1. The number of hydrogen-bond acceptors (Lipinski definition) is 4. The molecule has 0 radical (unpaired) electrons. The van der Waals surface area contributed by atoms with Crippen molar-refractivity contribution >= 4 is 34.0 Å². The molecule has 132 valence electrons. The van der Waals surface area contributed by atoms with Crippen LogP contribution in [0.15, 0.2) is 46.3 Å². The summed E-state index contributed by atoms with van der Waals surface area (Å²) < 4.78 is 7.65. The molecule has 3 heterocycles. The molecule has 0 unspecified atom stereocenters. The molecule has 1 amide bonds. The van der Waals surface area contributed by atoms with Gasteiger partial charge in [-0.25, -0.2) is 4.68 Å². The van der Waals surface area contributed by atoms with Gasteiger partial charge in [-0.3, -0.25) is 4.79 Å². The molecule has 0 aliphatic carbocycles. The van der Waals surface area contributed by atoms with Gasteiger partial charge in [0.1, 0.15) is 11.4 Å². The van der Waals surface area contributed by atoms with Gasteiger partial charge in [-0.15, -0.1) is 11.3 Å². The van der Waals surface area contributed by atoms with Crippen molar-refractivity contribution in [1.29, 1.82) is 0 Å². The number of amides is 1. The molecule has 0 bridgehead atoms. The van der Waals surface area contributed by atoms with E-state index in [1.807, 2.05) is 44.4 Å². The molecule has 0 aliphatic rings. The lowest BCUT2D eigenvalue weighted by molar-refractivity contribution is 0.0997. The highest BCUT2D eigenvalue weighted by molar-refractivity contribution is 7.09. The quantitative estimate of drug-likeness (QED) is 0.558. The van der Waals surface area contributed by atoms with E-state index in [1.54, 1.807) is 28.3 Å². The number of carbonyl (C=O) groups excluding carboxylic acids is 1. The van der Waals surface area contributed by atoms with Crippen molar-refractivity contribution in [2.24, 2.45) is 0 Å².